The van der Waals surface area contributed by atoms with E-state index in [4.69, 9.17) is 9.72 Å². The molecule has 0 fully saturated rings. The SMILES string of the molecule is [Pt]=[c]1n(-c2[c-]c(Oc3[c-]c4c(cc3)c3ccccc3n4-c3cc(-n4c5ccccc5c5ccccc54)c(-c4cccnc4)cn3)ccc2)c2ccccc2n1-c1c(-c2ccccc2)cccc1-c1ccccc1. The van der Waals surface area contributed by atoms with Crippen molar-refractivity contribution in [3.63, 3.8) is 0 Å². The zero-order valence-corrected chi connectivity index (χ0v) is 41.3. The Balaban J connectivity index is 0.907. The van der Waals surface area contributed by atoms with Gasteiger partial charge in [0.25, 0.3) is 0 Å². The van der Waals surface area contributed by atoms with Gasteiger partial charge in [-0.1, -0.05) is 54.6 Å². The Morgan fingerprint density at radius 3 is 1.59 bits per heavy atom. The van der Waals surface area contributed by atoms with E-state index in [2.05, 4.69) is 255 Å². The summed E-state index contributed by atoms with van der Waals surface area (Å²) < 4.78 is 17.0. The van der Waals surface area contributed by atoms with Gasteiger partial charge in [0.2, 0.25) is 0 Å². The number of nitrogens with zero attached hydrogens (tertiary/aromatic N) is 6. The maximum atomic E-state index is 6.81. The van der Waals surface area contributed by atoms with Crippen LogP contribution in [-0.2, 0) is 19.4 Å². The van der Waals surface area contributed by atoms with Gasteiger partial charge in [0, 0.05) is 40.5 Å². The molecule has 0 aliphatic heterocycles. The van der Waals surface area contributed by atoms with Crippen LogP contribution in [0.25, 0.3) is 111 Å². The molecule has 0 amide bonds. The first-order chi connectivity index (χ1) is 36.2. The van der Waals surface area contributed by atoms with Crippen molar-refractivity contribution in [3.05, 3.63) is 259 Å². The summed E-state index contributed by atoms with van der Waals surface area (Å²) >= 11 is 2.47. The first-order valence-corrected chi connectivity index (χ1v) is 25.3. The predicted molar refractivity (Wildman–Crippen MR) is 291 cm³/mol. The Kier molecular flexibility index (Phi) is 10.3. The van der Waals surface area contributed by atoms with Crippen LogP contribution in [0.3, 0.4) is 0 Å². The van der Waals surface area contributed by atoms with Crippen molar-refractivity contribution >= 4 is 54.6 Å². The van der Waals surface area contributed by atoms with E-state index in [1.807, 2.05) is 36.7 Å². The van der Waals surface area contributed by atoms with Crippen LogP contribution in [0, 0.1) is 15.9 Å². The zero-order valence-electron chi connectivity index (χ0n) is 39.0. The van der Waals surface area contributed by atoms with Gasteiger partial charge in [-0.2, -0.15) is 0 Å². The Morgan fingerprint density at radius 2 is 0.945 bits per heavy atom. The number of hydrogen-bond donors (Lipinski definition) is 0. The van der Waals surface area contributed by atoms with Crippen molar-refractivity contribution in [2.75, 3.05) is 0 Å². The minimum atomic E-state index is 0.561. The fourth-order valence-corrected chi connectivity index (χ4v) is 11.7. The summed E-state index contributed by atoms with van der Waals surface area (Å²) in [6.45, 7) is 0. The minimum absolute atomic E-state index is 0.561. The third kappa shape index (κ3) is 7.11. The van der Waals surface area contributed by atoms with Crippen LogP contribution in [0.4, 0.5) is 0 Å². The van der Waals surface area contributed by atoms with Crippen molar-refractivity contribution in [3.8, 4) is 67.8 Å². The quantitative estimate of drug-likeness (QED) is 0.135. The molecule has 5 heterocycles. The molecule has 0 unspecified atom stereocenters. The molecule has 0 spiro atoms. The molecule has 0 saturated carbocycles. The summed E-state index contributed by atoms with van der Waals surface area (Å²) in [5, 5.41) is 4.51. The van der Waals surface area contributed by atoms with Gasteiger partial charge in [-0.3, -0.25) is 4.98 Å². The molecule has 0 N–H and O–H groups in total. The molecule has 348 valence electrons. The van der Waals surface area contributed by atoms with Crippen LogP contribution in [0.1, 0.15) is 0 Å². The fourth-order valence-electron chi connectivity index (χ4n) is 10.6. The maximum absolute atomic E-state index is 6.81. The molecule has 9 aromatic carbocycles. The van der Waals surface area contributed by atoms with Crippen LogP contribution >= 0.6 is 0 Å². The van der Waals surface area contributed by atoms with E-state index in [1.165, 1.54) is 10.8 Å². The van der Waals surface area contributed by atoms with Crippen LogP contribution in [-0.4, -0.2) is 28.2 Å². The fraction of sp³-hybridized carbons (Fsp3) is 0. The van der Waals surface area contributed by atoms with Gasteiger partial charge < -0.3 is 4.57 Å². The molecule has 14 aromatic rings. The monoisotopic (exact) mass is 1120 g/mol. The number of hydrogen-bond acceptors (Lipinski definition) is 3. The molecule has 0 saturated heterocycles. The molecule has 73 heavy (non-hydrogen) atoms. The summed E-state index contributed by atoms with van der Waals surface area (Å²) in [4.78, 5) is 9.76. The topological polar surface area (TPSA) is 54.7 Å². The van der Waals surface area contributed by atoms with E-state index in [0.29, 0.717) is 11.5 Å². The zero-order chi connectivity index (χ0) is 48.4. The second kappa shape index (κ2) is 17.6. The molecular formula is C65H40N6OPt-2. The van der Waals surface area contributed by atoms with Gasteiger partial charge in [0.15, 0.2) is 0 Å². The van der Waals surface area contributed by atoms with E-state index in [0.717, 1.165) is 104 Å². The molecule has 0 aliphatic carbocycles. The van der Waals surface area contributed by atoms with Gasteiger partial charge in [-0.25, -0.2) is 0 Å². The van der Waals surface area contributed by atoms with E-state index in [1.54, 1.807) is 6.20 Å². The number of para-hydroxylation sites is 6. The first kappa shape index (κ1) is 42.7. The number of rotatable bonds is 9. The van der Waals surface area contributed by atoms with Gasteiger partial charge in [0.1, 0.15) is 0 Å². The molecule has 0 radical (unpaired) electrons. The van der Waals surface area contributed by atoms with Crippen molar-refractivity contribution in [2.45, 2.75) is 0 Å². The first-order valence-electron chi connectivity index (χ1n) is 24.1. The standard InChI is InChI=1S/C65H40N6O.Pt/c1-3-18-44(19-4-1)50-28-16-29-51(45-20-5-2-6-21-45)65(50)69-43-68(60-33-13-14-34-61(60)69)47-23-15-24-48(38-47)72-49-35-36-55-54-27-9-12-32-59(54)71(62(55)39-49)64-40-63(56(42-67-64)46-22-17-37-66-41-46)70-57-30-10-7-25-52(57)53-26-8-11-31-58(53)70;/h1-37,40-42H;/q-2;. The Labute approximate surface area is 431 Å². The molecule has 14 rings (SSSR count). The second-order valence-corrected chi connectivity index (χ2v) is 19.0. The van der Waals surface area contributed by atoms with Crippen LogP contribution < -0.4 is 4.74 Å². The summed E-state index contributed by atoms with van der Waals surface area (Å²) in [5.74, 6) is 1.88. The van der Waals surface area contributed by atoms with Crippen LogP contribution in [0.15, 0.2) is 243 Å². The van der Waals surface area contributed by atoms with Gasteiger partial charge in [-0.15, -0.1) is 0 Å². The average molecular weight is 1120 g/mol. The molecule has 5 aromatic heterocycles. The van der Waals surface area contributed by atoms with Crippen molar-refractivity contribution in [1.29, 1.82) is 0 Å². The average Bonchev–Trinajstić information content (AvgIpc) is 4.08. The van der Waals surface area contributed by atoms with E-state index >= 15 is 0 Å². The summed E-state index contributed by atoms with van der Waals surface area (Å²) in [5.41, 5.74) is 15.7. The van der Waals surface area contributed by atoms with Crippen molar-refractivity contribution in [2.24, 2.45) is 0 Å². The van der Waals surface area contributed by atoms with Gasteiger partial charge in [-0.05, 0) is 18.2 Å². The van der Waals surface area contributed by atoms with E-state index in [9.17, 15) is 0 Å². The predicted octanol–water partition coefficient (Wildman–Crippen LogP) is 15.9. The Morgan fingerprint density at radius 1 is 0.397 bits per heavy atom. The third-order valence-electron chi connectivity index (χ3n) is 13.8. The molecular weight excluding hydrogens is 1080 g/mol. The number of benzene rings is 9. The number of aromatic nitrogens is 6. The summed E-state index contributed by atoms with van der Waals surface area (Å²) in [7, 11) is 0. The number of imidazole rings is 1. The summed E-state index contributed by atoms with van der Waals surface area (Å²) in [6, 6.07) is 86.0. The number of ether oxygens (including phenoxy) is 1. The molecule has 0 aliphatic rings. The van der Waals surface area contributed by atoms with E-state index in [-0.39, 0.29) is 0 Å². The second-order valence-electron chi connectivity index (χ2n) is 17.9. The normalized spacial score (nSPS) is 11.6. The molecule has 7 nitrogen and oxygen atoms in total. The van der Waals surface area contributed by atoms with Crippen molar-refractivity contribution in [1.82, 2.24) is 28.2 Å². The van der Waals surface area contributed by atoms with Gasteiger partial charge >= 0.3 is 294 Å². The Hall–Kier alpha value is -9.16. The molecule has 8 heteroatoms. The van der Waals surface area contributed by atoms with Crippen LogP contribution in [0.2, 0.25) is 0 Å². The third-order valence-corrected chi connectivity index (χ3v) is 14.8. The number of pyridine rings is 2. The van der Waals surface area contributed by atoms with E-state index < -0.39 is 0 Å². The van der Waals surface area contributed by atoms with Crippen LogP contribution in [0.5, 0.6) is 11.5 Å². The van der Waals surface area contributed by atoms with Gasteiger partial charge in [0.05, 0.1) is 16.7 Å². The Bertz CT molecular complexity index is 4380. The summed E-state index contributed by atoms with van der Waals surface area (Å²) in [6.07, 6.45) is 5.69. The number of fused-ring (bicyclic) bond motifs is 7. The molecule has 0 bridgehead atoms. The van der Waals surface area contributed by atoms with Crippen molar-refractivity contribution < 1.29 is 24.1 Å². The molecule has 0 atom stereocenters.